The van der Waals surface area contributed by atoms with Crippen molar-refractivity contribution < 1.29 is 4.74 Å². The highest BCUT2D eigenvalue weighted by Gasteiger charge is 2.01. The van der Waals surface area contributed by atoms with Gasteiger partial charge in [0.2, 0.25) is 0 Å². The Labute approximate surface area is 84.3 Å². The van der Waals surface area contributed by atoms with Gasteiger partial charge >= 0.3 is 0 Å². The zero-order chi connectivity index (χ0) is 10.4. The molecular formula is C11H14N2O. The second-order valence-electron chi connectivity index (χ2n) is 3.19. The van der Waals surface area contributed by atoms with E-state index in [1.165, 1.54) is 0 Å². The van der Waals surface area contributed by atoms with Crippen LogP contribution in [-0.2, 0) is 4.74 Å². The summed E-state index contributed by atoms with van der Waals surface area (Å²) in [6, 6.07) is 9.75. The summed E-state index contributed by atoms with van der Waals surface area (Å²) in [6.45, 7) is 2.68. The molecule has 1 aromatic rings. The summed E-state index contributed by atoms with van der Waals surface area (Å²) in [4.78, 5) is 0. The SMILES string of the molecule is COCC(C)Nc1cccc(C#N)c1. The molecule has 3 heteroatoms. The zero-order valence-electron chi connectivity index (χ0n) is 8.45. The number of benzene rings is 1. The molecule has 0 saturated carbocycles. The van der Waals surface area contributed by atoms with Crippen molar-refractivity contribution in [2.75, 3.05) is 19.0 Å². The van der Waals surface area contributed by atoms with Crippen molar-refractivity contribution >= 4 is 5.69 Å². The first-order valence-electron chi connectivity index (χ1n) is 4.52. The molecule has 14 heavy (non-hydrogen) atoms. The number of ether oxygens (including phenoxy) is 1. The Bertz CT molecular complexity index is 330. The molecule has 0 fully saturated rings. The molecule has 0 amide bonds. The second-order valence-corrected chi connectivity index (χ2v) is 3.19. The summed E-state index contributed by atoms with van der Waals surface area (Å²) in [6.07, 6.45) is 0. The molecule has 1 atom stereocenters. The van der Waals surface area contributed by atoms with Gasteiger partial charge in [-0.1, -0.05) is 6.07 Å². The number of nitrogens with zero attached hydrogens (tertiary/aromatic N) is 1. The van der Waals surface area contributed by atoms with Gasteiger partial charge in [0.05, 0.1) is 18.2 Å². The van der Waals surface area contributed by atoms with Gasteiger partial charge in [-0.25, -0.2) is 0 Å². The molecule has 1 N–H and O–H groups in total. The first-order valence-corrected chi connectivity index (χ1v) is 4.52. The molecule has 0 saturated heterocycles. The Morgan fingerprint density at radius 2 is 2.36 bits per heavy atom. The summed E-state index contributed by atoms with van der Waals surface area (Å²) < 4.78 is 5.00. The van der Waals surface area contributed by atoms with E-state index in [0.717, 1.165) is 5.69 Å². The van der Waals surface area contributed by atoms with Crippen LogP contribution in [0.15, 0.2) is 24.3 Å². The molecule has 1 aromatic carbocycles. The summed E-state index contributed by atoms with van der Waals surface area (Å²) in [5.41, 5.74) is 1.62. The molecule has 1 rings (SSSR count). The Kier molecular flexibility index (Phi) is 3.96. The van der Waals surface area contributed by atoms with Crippen LogP contribution in [0.2, 0.25) is 0 Å². The molecule has 0 radical (unpaired) electrons. The lowest BCUT2D eigenvalue weighted by molar-refractivity contribution is 0.190. The lowest BCUT2D eigenvalue weighted by Crippen LogP contribution is -2.20. The highest BCUT2D eigenvalue weighted by Crippen LogP contribution is 2.10. The van der Waals surface area contributed by atoms with Crippen molar-refractivity contribution in [3.8, 4) is 6.07 Å². The minimum Gasteiger partial charge on any atom is -0.383 e. The van der Waals surface area contributed by atoms with Gasteiger partial charge in [0.15, 0.2) is 0 Å². The van der Waals surface area contributed by atoms with E-state index in [0.29, 0.717) is 12.2 Å². The molecule has 0 aromatic heterocycles. The fourth-order valence-corrected chi connectivity index (χ4v) is 1.25. The van der Waals surface area contributed by atoms with Crippen LogP contribution < -0.4 is 5.32 Å². The molecule has 0 aliphatic heterocycles. The highest BCUT2D eigenvalue weighted by atomic mass is 16.5. The van der Waals surface area contributed by atoms with Crippen LogP contribution in [0.5, 0.6) is 0 Å². The molecule has 0 heterocycles. The van der Waals surface area contributed by atoms with Crippen molar-refractivity contribution in [2.24, 2.45) is 0 Å². The van der Waals surface area contributed by atoms with E-state index in [1.54, 1.807) is 13.2 Å². The molecule has 0 aliphatic carbocycles. The summed E-state index contributed by atoms with van der Waals surface area (Å²) in [5.74, 6) is 0. The summed E-state index contributed by atoms with van der Waals surface area (Å²) in [7, 11) is 1.67. The number of hydrogen-bond acceptors (Lipinski definition) is 3. The number of anilines is 1. The first kappa shape index (κ1) is 10.6. The number of methoxy groups -OCH3 is 1. The third-order valence-electron chi connectivity index (χ3n) is 1.82. The van der Waals surface area contributed by atoms with Crippen molar-refractivity contribution in [1.82, 2.24) is 0 Å². The minimum absolute atomic E-state index is 0.244. The normalized spacial score (nSPS) is 11.8. The summed E-state index contributed by atoms with van der Waals surface area (Å²) in [5, 5.41) is 11.9. The van der Waals surface area contributed by atoms with Gasteiger partial charge in [-0.15, -0.1) is 0 Å². The molecule has 74 valence electrons. The average molecular weight is 190 g/mol. The van der Waals surface area contributed by atoms with E-state index in [2.05, 4.69) is 11.4 Å². The molecular weight excluding hydrogens is 176 g/mol. The van der Waals surface area contributed by atoms with Crippen LogP contribution in [0.1, 0.15) is 12.5 Å². The van der Waals surface area contributed by atoms with Gasteiger partial charge in [0.25, 0.3) is 0 Å². The Morgan fingerprint density at radius 3 is 3.00 bits per heavy atom. The topological polar surface area (TPSA) is 45.0 Å². The van der Waals surface area contributed by atoms with Crippen molar-refractivity contribution in [3.05, 3.63) is 29.8 Å². The van der Waals surface area contributed by atoms with E-state index in [9.17, 15) is 0 Å². The summed E-state index contributed by atoms with van der Waals surface area (Å²) >= 11 is 0. The minimum atomic E-state index is 0.244. The maximum atomic E-state index is 8.70. The standard InChI is InChI=1S/C11H14N2O/c1-9(8-14-2)13-11-5-3-4-10(6-11)7-12/h3-6,9,13H,8H2,1-2H3. The van der Waals surface area contributed by atoms with Crippen LogP contribution >= 0.6 is 0 Å². The van der Waals surface area contributed by atoms with Crippen LogP contribution in [0.3, 0.4) is 0 Å². The van der Waals surface area contributed by atoms with E-state index < -0.39 is 0 Å². The molecule has 3 nitrogen and oxygen atoms in total. The Hall–Kier alpha value is -1.53. The van der Waals surface area contributed by atoms with Gasteiger partial charge in [-0.05, 0) is 25.1 Å². The van der Waals surface area contributed by atoms with E-state index in [-0.39, 0.29) is 6.04 Å². The fourth-order valence-electron chi connectivity index (χ4n) is 1.25. The fraction of sp³-hybridized carbons (Fsp3) is 0.364. The van der Waals surface area contributed by atoms with Gasteiger partial charge in [-0.2, -0.15) is 5.26 Å². The Balaban J connectivity index is 2.63. The smallest absolute Gasteiger partial charge is 0.0992 e. The number of rotatable bonds is 4. The molecule has 0 aliphatic rings. The number of nitriles is 1. The predicted octanol–water partition coefficient (Wildman–Crippen LogP) is 2.01. The van der Waals surface area contributed by atoms with Gasteiger partial charge < -0.3 is 10.1 Å². The van der Waals surface area contributed by atoms with Crippen LogP contribution in [0.4, 0.5) is 5.69 Å². The maximum absolute atomic E-state index is 8.70. The largest absolute Gasteiger partial charge is 0.383 e. The van der Waals surface area contributed by atoms with E-state index in [1.807, 2.05) is 25.1 Å². The second kappa shape index (κ2) is 5.25. The zero-order valence-corrected chi connectivity index (χ0v) is 8.45. The van der Waals surface area contributed by atoms with Gasteiger partial charge in [0, 0.05) is 18.8 Å². The van der Waals surface area contributed by atoms with Crippen molar-refractivity contribution in [2.45, 2.75) is 13.0 Å². The van der Waals surface area contributed by atoms with E-state index in [4.69, 9.17) is 10.00 Å². The van der Waals surface area contributed by atoms with Crippen LogP contribution in [0, 0.1) is 11.3 Å². The van der Waals surface area contributed by atoms with Crippen LogP contribution in [0.25, 0.3) is 0 Å². The predicted molar refractivity (Wildman–Crippen MR) is 56.1 cm³/mol. The van der Waals surface area contributed by atoms with Crippen LogP contribution in [-0.4, -0.2) is 19.8 Å². The lowest BCUT2D eigenvalue weighted by Gasteiger charge is -2.13. The molecule has 0 bridgehead atoms. The molecule has 0 spiro atoms. The molecule has 1 unspecified atom stereocenters. The lowest BCUT2D eigenvalue weighted by atomic mass is 10.2. The van der Waals surface area contributed by atoms with Gasteiger partial charge in [-0.3, -0.25) is 0 Å². The maximum Gasteiger partial charge on any atom is 0.0992 e. The number of hydrogen-bond donors (Lipinski definition) is 1. The van der Waals surface area contributed by atoms with Crippen molar-refractivity contribution in [3.63, 3.8) is 0 Å². The first-order chi connectivity index (χ1) is 6.76. The quantitative estimate of drug-likeness (QED) is 0.789. The third-order valence-corrected chi connectivity index (χ3v) is 1.82. The van der Waals surface area contributed by atoms with Gasteiger partial charge in [0.1, 0.15) is 0 Å². The third kappa shape index (κ3) is 3.08. The highest BCUT2D eigenvalue weighted by molar-refractivity contribution is 5.49. The van der Waals surface area contributed by atoms with Crippen molar-refractivity contribution in [1.29, 1.82) is 5.26 Å². The Morgan fingerprint density at radius 1 is 1.57 bits per heavy atom. The van der Waals surface area contributed by atoms with E-state index >= 15 is 0 Å². The monoisotopic (exact) mass is 190 g/mol. The average Bonchev–Trinajstić information content (AvgIpc) is 2.18. The number of nitrogens with one attached hydrogen (secondary N) is 1.